The summed E-state index contributed by atoms with van der Waals surface area (Å²) in [5.74, 6) is 2.33. The van der Waals surface area contributed by atoms with Crippen molar-refractivity contribution >= 4 is 17.8 Å². The molecule has 138 valence electrons. The molecule has 1 heterocycles. The molecule has 0 radical (unpaired) electrons. The Balaban J connectivity index is 1.42. The molecule has 0 saturated heterocycles. The van der Waals surface area contributed by atoms with Crippen LogP contribution in [0.1, 0.15) is 6.92 Å². The molecule has 1 unspecified atom stereocenters. The summed E-state index contributed by atoms with van der Waals surface area (Å²) in [6.45, 7) is 4.17. The van der Waals surface area contributed by atoms with Gasteiger partial charge in [0.2, 0.25) is 0 Å². The Bertz CT molecular complexity index is 711. The Morgan fingerprint density at radius 1 is 1.15 bits per heavy atom. The molecule has 1 aliphatic rings. The van der Waals surface area contributed by atoms with Crippen molar-refractivity contribution in [2.24, 2.45) is 0 Å². The Hall–Kier alpha value is -2.34. The zero-order valence-corrected chi connectivity index (χ0v) is 15.7. The quantitative estimate of drug-likeness (QED) is 0.595. The van der Waals surface area contributed by atoms with E-state index in [1.807, 2.05) is 49.4 Å². The minimum atomic E-state index is -0.158. The van der Waals surface area contributed by atoms with E-state index in [4.69, 9.17) is 9.47 Å². The summed E-state index contributed by atoms with van der Waals surface area (Å²) in [7, 11) is 0. The second kappa shape index (κ2) is 9.38. The first-order valence-electron chi connectivity index (χ1n) is 8.85. The molecule has 0 aromatic heterocycles. The van der Waals surface area contributed by atoms with Crippen LogP contribution in [0.2, 0.25) is 0 Å². The van der Waals surface area contributed by atoms with Gasteiger partial charge in [-0.25, -0.2) is 4.79 Å². The van der Waals surface area contributed by atoms with E-state index in [9.17, 15) is 4.79 Å². The smallest absolute Gasteiger partial charge is 0.317 e. The lowest BCUT2D eigenvalue weighted by molar-refractivity contribution is 0.0676. The fourth-order valence-electron chi connectivity index (χ4n) is 2.71. The highest BCUT2D eigenvalue weighted by molar-refractivity contribution is 7.99. The summed E-state index contributed by atoms with van der Waals surface area (Å²) in [5.41, 5.74) is 0. The van der Waals surface area contributed by atoms with Crippen molar-refractivity contribution in [3.63, 3.8) is 0 Å². The van der Waals surface area contributed by atoms with Crippen LogP contribution in [-0.2, 0) is 0 Å². The average Bonchev–Trinajstić information content (AvgIpc) is 2.70. The number of amides is 2. The van der Waals surface area contributed by atoms with Crippen LogP contribution in [0.3, 0.4) is 0 Å². The van der Waals surface area contributed by atoms with E-state index in [1.54, 1.807) is 16.7 Å². The number of fused-ring (bicyclic) bond motifs is 1. The third-order valence-corrected chi connectivity index (χ3v) is 5.06. The Labute approximate surface area is 158 Å². The molecule has 1 aliphatic heterocycles. The summed E-state index contributed by atoms with van der Waals surface area (Å²) in [6.07, 6.45) is -0.158. The lowest BCUT2D eigenvalue weighted by Gasteiger charge is -2.30. The lowest BCUT2D eigenvalue weighted by atomic mass is 10.2. The van der Waals surface area contributed by atoms with Crippen LogP contribution in [-0.4, -0.2) is 49.0 Å². The maximum absolute atomic E-state index is 12.4. The summed E-state index contributed by atoms with van der Waals surface area (Å²) >= 11 is 1.73. The van der Waals surface area contributed by atoms with E-state index < -0.39 is 0 Å². The Kier molecular flexibility index (Phi) is 6.66. The molecule has 0 aliphatic carbocycles. The van der Waals surface area contributed by atoms with Crippen LogP contribution >= 0.6 is 11.8 Å². The standard InChI is InChI=1S/C20H24N2O3S/c1-2-22(14-16-15-24-18-10-6-7-11-19(18)25-16)20(23)21-12-13-26-17-8-4-3-5-9-17/h3-11,16H,2,12-15H2,1H3,(H,21,23). The lowest BCUT2D eigenvalue weighted by Crippen LogP contribution is -2.47. The Morgan fingerprint density at radius 2 is 1.88 bits per heavy atom. The molecule has 0 saturated carbocycles. The fraction of sp³-hybridized carbons (Fsp3) is 0.350. The molecule has 1 atom stereocenters. The van der Waals surface area contributed by atoms with Crippen LogP contribution in [0.15, 0.2) is 59.5 Å². The molecule has 2 amide bonds. The topological polar surface area (TPSA) is 50.8 Å². The van der Waals surface area contributed by atoms with Gasteiger partial charge in [-0.3, -0.25) is 0 Å². The van der Waals surface area contributed by atoms with Gasteiger partial charge in [0, 0.05) is 23.7 Å². The van der Waals surface area contributed by atoms with E-state index in [0.717, 1.165) is 17.3 Å². The van der Waals surface area contributed by atoms with Gasteiger partial charge >= 0.3 is 6.03 Å². The SMILES string of the molecule is CCN(CC1COc2ccccc2O1)C(=O)NCCSc1ccccc1. The number of carbonyl (C=O) groups excluding carboxylic acids is 1. The number of benzene rings is 2. The van der Waals surface area contributed by atoms with Gasteiger partial charge < -0.3 is 19.7 Å². The minimum absolute atomic E-state index is 0.0661. The van der Waals surface area contributed by atoms with Gasteiger partial charge in [0.1, 0.15) is 6.61 Å². The molecule has 26 heavy (non-hydrogen) atoms. The first-order valence-corrected chi connectivity index (χ1v) is 9.84. The fourth-order valence-corrected chi connectivity index (χ4v) is 3.50. The number of nitrogens with one attached hydrogen (secondary N) is 1. The normalized spacial score (nSPS) is 15.3. The van der Waals surface area contributed by atoms with Crippen molar-refractivity contribution in [2.45, 2.75) is 17.9 Å². The van der Waals surface area contributed by atoms with Crippen molar-refractivity contribution in [1.82, 2.24) is 10.2 Å². The predicted molar refractivity (Wildman–Crippen MR) is 104 cm³/mol. The largest absolute Gasteiger partial charge is 0.486 e. The molecule has 3 rings (SSSR count). The van der Waals surface area contributed by atoms with Gasteiger partial charge in [-0.05, 0) is 31.2 Å². The minimum Gasteiger partial charge on any atom is -0.486 e. The van der Waals surface area contributed by atoms with Crippen LogP contribution in [0, 0.1) is 0 Å². The van der Waals surface area contributed by atoms with E-state index in [2.05, 4.69) is 17.4 Å². The van der Waals surface area contributed by atoms with Gasteiger partial charge in [0.25, 0.3) is 0 Å². The number of rotatable bonds is 7. The van der Waals surface area contributed by atoms with Crippen molar-refractivity contribution < 1.29 is 14.3 Å². The van der Waals surface area contributed by atoms with Crippen molar-refractivity contribution in [3.8, 4) is 11.5 Å². The Morgan fingerprint density at radius 3 is 2.65 bits per heavy atom. The van der Waals surface area contributed by atoms with E-state index in [1.165, 1.54) is 4.90 Å². The molecule has 6 heteroatoms. The number of hydrogen-bond acceptors (Lipinski definition) is 4. The summed E-state index contributed by atoms with van der Waals surface area (Å²) in [5, 5.41) is 2.98. The van der Waals surface area contributed by atoms with E-state index >= 15 is 0 Å². The van der Waals surface area contributed by atoms with Crippen LogP contribution < -0.4 is 14.8 Å². The first kappa shape index (κ1) is 18.5. The number of ether oxygens (including phenoxy) is 2. The van der Waals surface area contributed by atoms with Crippen LogP contribution in [0.25, 0.3) is 0 Å². The monoisotopic (exact) mass is 372 g/mol. The summed E-state index contributed by atoms with van der Waals surface area (Å²) in [6, 6.07) is 17.7. The zero-order chi connectivity index (χ0) is 18.2. The number of para-hydroxylation sites is 2. The highest BCUT2D eigenvalue weighted by Crippen LogP contribution is 2.31. The number of urea groups is 1. The predicted octanol–water partition coefficient (Wildman–Crippen LogP) is 3.65. The second-order valence-corrected chi connectivity index (χ2v) is 7.10. The van der Waals surface area contributed by atoms with Gasteiger partial charge in [-0.15, -0.1) is 11.8 Å². The van der Waals surface area contributed by atoms with Crippen molar-refractivity contribution in [2.75, 3.05) is 32.0 Å². The molecule has 0 spiro atoms. The third kappa shape index (κ3) is 5.08. The van der Waals surface area contributed by atoms with Crippen molar-refractivity contribution in [1.29, 1.82) is 0 Å². The van der Waals surface area contributed by atoms with Crippen LogP contribution in [0.4, 0.5) is 4.79 Å². The maximum Gasteiger partial charge on any atom is 0.317 e. The summed E-state index contributed by atoms with van der Waals surface area (Å²) < 4.78 is 11.7. The first-order chi connectivity index (χ1) is 12.8. The number of hydrogen-bond donors (Lipinski definition) is 1. The van der Waals surface area contributed by atoms with E-state index in [-0.39, 0.29) is 12.1 Å². The van der Waals surface area contributed by atoms with Crippen molar-refractivity contribution in [3.05, 3.63) is 54.6 Å². The molecule has 1 N–H and O–H groups in total. The van der Waals surface area contributed by atoms with Gasteiger partial charge in [0.15, 0.2) is 17.6 Å². The molecule has 2 aromatic rings. The maximum atomic E-state index is 12.4. The third-order valence-electron chi connectivity index (χ3n) is 4.05. The molecule has 2 aromatic carbocycles. The molecule has 0 fully saturated rings. The van der Waals surface area contributed by atoms with Gasteiger partial charge in [0.05, 0.1) is 6.54 Å². The number of thioether (sulfide) groups is 1. The highest BCUT2D eigenvalue weighted by Gasteiger charge is 2.24. The molecule has 0 bridgehead atoms. The van der Waals surface area contributed by atoms with Crippen LogP contribution in [0.5, 0.6) is 11.5 Å². The van der Waals surface area contributed by atoms with Gasteiger partial charge in [-0.1, -0.05) is 30.3 Å². The highest BCUT2D eigenvalue weighted by atomic mass is 32.2. The zero-order valence-electron chi connectivity index (χ0n) is 14.9. The number of nitrogens with zero attached hydrogens (tertiary/aromatic N) is 1. The summed E-state index contributed by atoms with van der Waals surface area (Å²) in [4.78, 5) is 15.4. The number of likely N-dealkylation sites (N-methyl/N-ethyl adjacent to an activating group) is 1. The van der Waals surface area contributed by atoms with E-state index in [0.29, 0.717) is 26.2 Å². The van der Waals surface area contributed by atoms with Gasteiger partial charge in [-0.2, -0.15) is 0 Å². The second-order valence-electron chi connectivity index (χ2n) is 5.93. The molecular formula is C20H24N2O3S. The molecule has 5 nitrogen and oxygen atoms in total. The average molecular weight is 372 g/mol. The number of carbonyl (C=O) groups is 1. The molecular weight excluding hydrogens is 348 g/mol.